The van der Waals surface area contributed by atoms with Gasteiger partial charge in [0.15, 0.2) is 6.29 Å². The molecule has 4 atom stereocenters. The minimum Gasteiger partial charge on any atom is -0.478 e. The summed E-state index contributed by atoms with van der Waals surface area (Å²) in [5, 5.41) is 25.5. The van der Waals surface area contributed by atoms with Gasteiger partial charge in [-0.1, -0.05) is 97.9 Å². The number of nitrogens with zero attached hydrogens (tertiary/aromatic N) is 1. The molecule has 1 aromatic heterocycles. The first-order valence-electron chi connectivity index (χ1n) is 16.4. The van der Waals surface area contributed by atoms with Crippen molar-refractivity contribution in [2.24, 2.45) is 5.92 Å². The first kappa shape index (κ1) is 34.8. The molecule has 4 N–H and O–H groups in total. The van der Waals surface area contributed by atoms with Gasteiger partial charge in [0.25, 0.3) is 0 Å². The molecule has 0 radical (unpaired) electrons. The Labute approximate surface area is 295 Å². The van der Waals surface area contributed by atoms with Crippen molar-refractivity contribution in [1.82, 2.24) is 15.6 Å². The van der Waals surface area contributed by atoms with Crippen LogP contribution in [0, 0.1) is 5.92 Å². The van der Waals surface area contributed by atoms with Gasteiger partial charge in [0.1, 0.15) is 5.03 Å². The van der Waals surface area contributed by atoms with Gasteiger partial charge in [0, 0.05) is 36.5 Å². The van der Waals surface area contributed by atoms with Crippen molar-refractivity contribution in [1.29, 1.82) is 0 Å². The van der Waals surface area contributed by atoms with Crippen LogP contribution in [0.15, 0.2) is 126 Å². The zero-order valence-electron chi connectivity index (χ0n) is 27.6. The van der Waals surface area contributed by atoms with E-state index in [-0.39, 0.29) is 36.3 Å². The van der Waals surface area contributed by atoms with Crippen molar-refractivity contribution in [2.75, 3.05) is 5.75 Å². The second-order valence-corrected chi connectivity index (χ2v) is 13.2. The maximum absolute atomic E-state index is 12.5. The van der Waals surface area contributed by atoms with Gasteiger partial charge in [-0.25, -0.2) is 14.6 Å². The Kier molecular flexibility index (Phi) is 11.6. The maximum atomic E-state index is 12.5. The van der Waals surface area contributed by atoms with E-state index >= 15 is 0 Å². The summed E-state index contributed by atoms with van der Waals surface area (Å²) in [4.78, 5) is 28.6. The number of carbonyl (C=O) groups excluding carboxylic acids is 1. The molecule has 0 spiro atoms. The number of hydrogen-bond acceptors (Lipinski definition) is 7. The van der Waals surface area contributed by atoms with E-state index in [0.29, 0.717) is 23.9 Å². The molecular weight excluding hydrogens is 651 g/mol. The number of carboxylic acid groups (broad SMARTS) is 1. The zero-order valence-corrected chi connectivity index (χ0v) is 28.4. The number of ether oxygens (including phenoxy) is 2. The number of benzene rings is 4. The molecule has 2 heterocycles. The number of amides is 2. The SMILES string of the molecule is CC1C(CSc2ncccc2C(=O)O)OC(c2cccc(-c3cccc(CNC(=O)NCc4ccccc4)c3)c2)OC1c1ccc(CO)cc1. The van der Waals surface area contributed by atoms with Gasteiger partial charge in [-0.2, -0.15) is 0 Å². The Hall–Kier alpha value is -5.00. The van der Waals surface area contributed by atoms with E-state index in [9.17, 15) is 19.8 Å². The number of hydrogen-bond donors (Lipinski definition) is 4. The van der Waals surface area contributed by atoms with Crippen LogP contribution in [0.5, 0.6) is 0 Å². The van der Waals surface area contributed by atoms with Crippen LogP contribution < -0.4 is 10.6 Å². The lowest BCUT2D eigenvalue weighted by atomic mass is 9.91. The summed E-state index contributed by atoms with van der Waals surface area (Å²) < 4.78 is 13.3. The van der Waals surface area contributed by atoms with Gasteiger partial charge in [-0.3, -0.25) is 0 Å². The molecule has 256 valence electrons. The lowest BCUT2D eigenvalue weighted by Gasteiger charge is -2.41. The Morgan fingerprint density at radius 2 is 1.46 bits per heavy atom. The monoisotopic (exact) mass is 689 g/mol. The fourth-order valence-corrected chi connectivity index (χ4v) is 7.04. The Morgan fingerprint density at radius 1 is 0.760 bits per heavy atom. The first-order chi connectivity index (χ1) is 24.4. The summed E-state index contributed by atoms with van der Waals surface area (Å²) in [6, 6.07) is 36.5. The molecule has 1 aliphatic rings. The number of aromatic nitrogens is 1. The summed E-state index contributed by atoms with van der Waals surface area (Å²) >= 11 is 1.36. The van der Waals surface area contributed by atoms with E-state index < -0.39 is 12.3 Å². The van der Waals surface area contributed by atoms with Crippen LogP contribution in [0.2, 0.25) is 0 Å². The van der Waals surface area contributed by atoms with Gasteiger partial charge in [0.05, 0.1) is 24.4 Å². The molecule has 10 heteroatoms. The molecule has 0 aliphatic carbocycles. The zero-order chi connectivity index (χ0) is 34.9. The summed E-state index contributed by atoms with van der Waals surface area (Å²) in [5.74, 6) is -0.630. The van der Waals surface area contributed by atoms with Crippen molar-refractivity contribution in [3.63, 3.8) is 0 Å². The van der Waals surface area contributed by atoms with E-state index in [1.54, 1.807) is 18.3 Å². The quantitative estimate of drug-likeness (QED) is 0.0991. The number of aromatic carboxylic acids is 1. The van der Waals surface area contributed by atoms with Crippen LogP contribution in [-0.2, 0) is 29.2 Å². The van der Waals surface area contributed by atoms with Crippen molar-refractivity contribution in [3.05, 3.63) is 155 Å². The molecule has 4 unspecified atom stereocenters. The molecule has 1 fully saturated rings. The van der Waals surface area contributed by atoms with Crippen LogP contribution in [0.1, 0.15) is 57.5 Å². The molecule has 0 bridgehead atoms. The second-order valence-electron chi connectivity index (χ2n) is 12.1. The summed E-state index contributed by atoms with van der Waals surface area (Å²) in [7, 11) is 0. The van der Waals surface area contributed by atoms with Gasteiger partial charge < -0.3 is 30.3 Å². The minimum absolute atomic E-state index is 0.0478. The van der Waals surface area contributed by atoms with E-state index in [2.05, 4.69) is 34.7 Å². The molecule has 1 aliphatic heterocycles. The van der Waals surface area contributed by atoms with Crippen molar-refractivity contribution >= 4 is 23.8 Å². The van der Waals surface area contributed by atoms with Crippen molar-refractivity contribution < 1.29 is 29.3 Å². The highest BCUT2D eigenvalue weighted by atomic mass is 32.2. The third-order valence-corrected chi connectivity index (χ3v) is 9.77. The predicted molar refractivity (Wildman–Crippen MR) is 192 cm³/mol. The van der Waals surface area contributed by atoms with Crippen LogP contribution in [0.4, 0.5) is 4.79 Å². The number of thioether (sulfide) groups is 1. The normalized spacial score (nSPS) is 18.7. The highest BCUT2D eigenvalue weighted by molar-refractivity contribution is 7.99. The maximum Gasteiger partial charge on any atom is 0.338 e. The van der Waals surface area contributed by atoms with Crippen LogP contribution in [0.3, 0.4) is 0 Å². The topological polar surface area (TPSA) is 130 Å². The van der Waals surface area contributed by atoms with Gasteiger partial charge >= 0.3 is 12.0 Å². The number of urea groups is 1. The van der Waals surface area contributed by atoms with Crippen molar-refractivity contribution in [2.45, 2.75) is 50.1 Å². The summed E-state index contributed by atoms with van der Waals surface area (Å²) in [5.41, 5.74) is 6.72. The van der Waals surface area contributed by atoms with Crippen LogP contribution in [0.25, 0.3) is 11.1 Å². The Bertz CT molecular complexity index is 1910. The van der Waals surface area contributed by atoms with E-state index in [0.717, 1.165) is 38.9 Å². The number of carbonyl (C=O) groups is 2. The molecule has 4 aromatic carbocycles. The number of aliphatic hydroxyl groups excluding tert-OH is 1. The van der Waals surface area contributed by atoms with E-state index in [1.807, 2.05) is 91.0 Å². The lowest BCUT2D eigenvalue weighted by molar-refractivity contribution is -0.268. The third-order valence-electron chi connectivity index (χ3n) is 8.68. The molecule has 9 nitrogen and oxygen atoms in total. The Balaban J connectivity index is 1.19. The first-order valence-corrected chi connectivity index (χ1v) is 17.4. The van der Waals surface area contributed by atoms with E-state index in [4.69, 9.17) is 9.47 Å². The number of nitrogens with one attached hydrogen (secondary N) is 2. The average molecular weight is 690 g/mol. The highest BCUT2D eigenvalue weighted by Crippen LogP contribution is 2.43. The molecule has 1 saturated heterocycles. The fourth-order valence-electron chi connectivity index (χ4n) is 5.89. The highest BCUT2D eigenvalue weighted by Gasteiger charge is 2.38. The fraction of sp³-hybridized carbons (Fsp3) is 0.225. The van der Waals surface area contributed by atoms with Crippen LogP contribution in [-0.4, -0.2) is 39.1 Å². The number of pyridine rings is 1. The average Bonchev–Trinajstić information content (AvgIpc) is 3.16. The molecular formula is C40H39N3O6S. The standard InChI is InChI=1S/C40H39N3O6S/c1-26-35(25-50-37-34(38(45)46)14-7-19-41-37)48-39(49-36(26)30-17-15-28(24-44)16-18-30)33-13-6-12-32(21-33)31-11-5-10-29(20-31)23-43-40(47)42-22-27-8-3-2-4-9-27/h2-21,26,35-36,39,44H,22-25H2,1H3,(H,45,46)(H2,42,43,47). The number of rotatable bonds is 12. The number of carboxylic acids is 1. The van der Waals surface area contributed by atoms with Gasteiger partial charge in [-0.05, 0) is 57.6 Å². The van der Waals surface area contributed by atoms with E-state index in [1.165, 1.54) is 11.8 Å². The molecule has 0 saturated carbocycles. The minimum atomic E-state index is -1.02. The second kappa shape index (κ2) is 16.6. The van der Waals surface area contributed by atoms with Gasteiger partial charge in [0.2, 0.25) is 0 Å². The summed E-state index contributed by atoms with van der Waals surface area (Å²) in [6.45, 7) is 2.84. The predicted octanol–water partition coefficient (Wildman–Crippen LogP) is 7.52. The molecule has 2 amide bonds. The van der Waals surface area contributed by atoms with Crippen molar-refractivity contribution in [3.8, 4) is 11.1 Å². The number of aliphatic hydroxyl groups is 1. The molecule has 5 aromatic rings. The van der Waals surface area contributed by atoms with Crippen LogP contribution >= 0.6 is 11.8 Å². The van der Waals surface area contributed by atoms with Gasteiger partial charge in [-0.15, -0.1) is 11.8 Å². The Morgan fingerprint density at radius 3 is 2.20 bits per heavy atom. The largest absolute Gasteiger partial charge is 0.478 e. The summed E-state index contributed by atoms with van der Waals surface area (Å²) in [6.07, 6.45) is 0.284. The molecule has 50 heavy (non-hydrogen) atoms. The lowest BCUT2D eigenvalue weighted by Crippen LogP contribution is -2.38. The third kappa shape index (κ3) is 8.77. The smallest absolute Gasteiger partial charge is 0.338 e. The molecule has 6 rings (SSSR count).